The zero-order valence-electron chi connectivity index (χ0n) is 11.7. The third-order valence-corrected chi connectivity index (χ3v) is 4.66. The summed E-state index contributed by atoms with van der Waals surface area (Å²) in [6, 6.07) is 14.5. The fourth-order valence-electron chi connectivity index (χ4n) is 2.57. The normalized spacial score (nSPS) is 14.6. The second-order valence-electron chi connectivity index (χ2n) is 5.59. The highest BCUT2D eigenvalue weighted by Crippen LogP contribution is 2.33. The van der Waals surface area contributed by atoms with E-state index in [4.69, 9.17) is 28.9 Å². The molecular weight excluding hydrogens is 303 g/mol. The van der Waals surface area contributed by atoms with Gasteiger partial charge >= 0.3 is 0 Å². The highest BCUT2D eigenvalue weighted by molar-refractivity contribution is 6.42. The first-order chi connectivity index (χ1) is 10.1. The van der Waals surface area contributed by atoms with Gasteiger partial charge in [0.25, 0.3) is 0 Å². The fraction of sp³-hybridized carbons (Fsp3) is 0.294. The molecule has 0 aliphatic heterocycles. The Bertz CT molecular complexity index is 638. The average molecular weight is 321 g/mol. The van der Waals surface area contributed by atoms with Crippen LogP contribution in [0.3, 0.4) is 0 Å². The van der Waals surface area contributed by atoms with Gasteiger partial charge in [0.15, 0.2) is 0 Å². The van der Waals surface area contributed by atoms with Crippen molar-refractivity contribution >= 4 is 28.9 Å². The van der Waals surface area contributed by atoms with Gasteiger partial charge in [-0.3, -0.25) is 4.90 Å². The van der Waals surface area contributed by atoms with Gasteiger partial charge in [-0.1, -0.05) is 47.5 Å². The Balaban J connectivity index is 1.77. The summed E-state index contributed by atoms with van der Waals surface area (Å²) in [6.07, 6.45) is 2.50. The Morgan fingerprint density at radius 3 is 2.52 bits per heavy atom. The Morgan fingerprint density at radius 2 is 1.81 bits per heavy atom. The van der Waals surface area contributed by atoms with Crippen LogP contribution in [0.4, 0.5) is 5.69 Å². The quantitative estimate of drug-likeness (QED) is 0.806. The van der Waals surface area contributed by atoms with Gasteiger partial charge in [-0.05, 0) is 42.2 Å². The minimum atomic E-state index is 0.619. The van der Waals surface area contributed by atoms with E-state index >= 15 is 0 Å². The van der Waals surface area contributed by atoms with E-state index in [-0.39, 0.29) is 0 Å². The molecular formula is C17H18Cl2N2. The van der Waals surface area contributed by atoms with Gasteiger partial charge in [-0.2, -0.15) is 0 Å². The average Bonchev–Trinajstić information content (AvgIpc) is 3.27. The standard InChI is InChI=1S/C17H18Cl2N2/c18-16-6-2-4-13(17(16)19)11-21(15-7-8-15)10-12-3-1-5-14(20)9-12/h1-6,9,15H,7-8,10-11,20H2. The number of nitrogens with two attached hydrogens (primary N) is 1. The second-order valence-corrected chi connectivity index (χ2v) is 6.38. The number of benzene rings is 2. The van der Waals surface area contributed by atoms with Crippen molar-refractivity contribution in [1.29, 1.82) is 0 Å². The number of hydrogen-bond donors (Lipinski definition) is 1. The van der Waals surface area contributed by atoms with Crippen molar-refractivity contribution in [2.75, 3.05) is 5.73 Å². The van der Waals surface area contributed by atoms with Crippen LogP contribution in [0.15, 0.2) is 42.5 Å². The van der Waals surface area contributed by atoms with Gasteiger partial charge in [0.2, 0.25) is 0 Å². The molecule has 2 aromatic carbocycles. The lowest BCUT2D eigenvalue weighted by molar-refractivity contribution is 0.246. The van der Waals surface area contributed by atoms with Crippen molar-refractivity contribution in [3.63, 3.8) is 0 Å². The van der Waals surface area contributed by atoms with Crippen molar-refractivity contribution in [3.8, 4) is 0 Å². The molecule has 0 amide bonds. The van der Waals surface area contributed by atoms with Crippen LogP contribution in [0.2, 0.25) is 10.0 Å². The lowest BCUT2D eigenvalue weighted by atomic mass is 10.1. The molecule has 1 saturated carbocycles. The third kappa shape index (κ3) is 3.70. The highest BCUT2D eigenvalue weighted by Gasteiger charge is 2.29. The topological polar surface area (TPSA) is 29.3 Å². The summed E-state index contributed by atoms with van der Waals surface area (Å²) in [6.45, 7) is 1.71. The number of anilines is 1. The van der Waals surface area contributed by atoms with Crippen LogP contribution >= 0.6 is 23.2 Å². The number of halogens is 2. The van der Waals surface area contributed by atoms with Crippen LogP contribution in [0.1, 0.15) is 24.0 Å². The number of nitrogen functional groups attached to an aromatic ring is 1. The maximum atomic E-state index is 6.31. The van der Waals surface area contributed by atoms with Crippen LogP contribution in [-0.2, 0) is 13.1 Å². The molecule has 4 heteroatoms. The zero-order chi connectivity index (χ0) is 14.8. The van der Waals surface area contributed by atoms with E-state index in [0.29, 0.717) is 16.1 Å². The van der Waals surface area contributed by atoms with E-state index in [2.05, 4.69) is 11.0 Å². The van der Waals surface area contributed by atoms with Crippen molar-refractivity contribution in [1.82, 2.24) is 4.90 Å². The third-order valence-electron chi connectivity index (χ3n) is 3.80. The predicted molar refractivity (Wildman–Crippen MR) is 89.6 cm³/mol. The Hall–Kier alpha value is -1.22. The number of nitrogens with zero attached hydrogens (tertiary/aromatic N) is 1. The van der Waals surface area contributed by atoms with Gasteiger partial charge in [0.1, 0.15) is 0 Å². The van der Waals surface area contributed by atoms with Crippen molar-refractivity contribution in [2.45, 2.75) is 32.0 Å². The molecule has 2 nitrogen and oxygen atoms in total. The van der Waals surface area contributed by atoms with E-state index in [1.54, 1.807) is 0 Å². The smallest absolute Gasteiger partial charge is 0.0637 e. The summed E-state index contributed by atoms with van der Waals surface area (Å²) in [5, 5.41) is 1.28. The van der Waals surface area contributed by atoms with Crippen LogP contribution < -0.4 is 5.73 Å². The summed E-state index contributed by atoms with van der Waals surface area (Å²) in [5.41, 5.74) is 8.99. The molecule has 0 bridgehead atoms. The van der Waals surface area contributed by atoms with Gasteiger partial charge in [-0.25, -0.2) is 0 Å². The van der Waals surface area contributed by atoms with Gasteiger partial charge < -0.3 is 5.73 Å². The molecule has 0 aromatic heterocycles. The minimum absolute atomic E-state index is 0.619. The molecule has 0 saturated heterocycles. The van der Waals surface area contributed by atoms with Gasteiger partial charge in [-0.15, -0.1) is 0 Å². The molecule has 0 radical (unpaired) electrons. The van der Waals surface area contributed by atoms with E-state index in [1.807, 2.05) is 36.4 Å². The molecule has 3 rings (SSSR count). The molecule has 2 aromatic rings. The Kier molecular flexibility index (Phi) is 4.39. The van der Waals surface area contributed by atoms with E-state index in [9.17, 15) is 0 Å². The lowest BCUT2D eigenvalue weighted by Gasteiger charge is -2.23. The molecule has 0 heterocycles. The molecule has 1 aliphatic rings. The molecule has 0 atom stereocenters. The summed E-state index contributed by atoms with van der Waals surface area (Å²) in [5.74, 6) is 0. The monoisotopic (exact) mass is 320 g/mol. The summed E-state index contributed by atoms with van der Waals surface area (Å²) in [4.78, 5) is 2.45. The van der Waals surface area contributed by atoms with Crippen molar-refractivity contribution < 1.29 is 0 Å². The molecule has 21 heavy (non-hydrogen) atoms. The SMILES string of the molecule is Nc1cccc(CN(Cc2cccc(Cl)c2Cl)C2CC2)c1. The Morgan fingerprint density at radius 1 is 1.05 bits per heavy atom. The molecule has 0 spiro atoms. The van der Waals surface area contributed by atoms with E-state index < -0.39 is 0 Å². The maximum absolute atomic E-state index is 6.31. The second kappa shape index (κ2) is 6.27. The largest absolute Gasteiger partial charge is 0.399 e. The molecule has 1 aliphatic carbocycles. The molecule has 1 fully saturated rings. The zero-order valence-corrected chi connectivity index (χ0v) is 13.2. The summed E-state index contributed by atoms with van der Waals surface area (Å²) < 4.78 is 0. The first kappa shape index (κ1) is 14.7. The van der Waals surface area contributed by atoms with Crippen molar-refractivity contribution in [2.24, 2.45) is 0 Å². The minimum Gasteiger partial charge on any atom is -0.399 e. The molecule has 0 unspecified atom stereocenters. The lowest BCUT2D eigenvalue weighted by Crippen LogP contribution is -2.25. The molecule has 2 N–H and O–H groups in total. The van der Waals surface area contributed by atoms with E-state index in [1.165, 1.54) is 18.4 Å². The summed E-state index contributed by atoms with van der Waals surface area (Å²) >= 11 is 12.4. The number of hydrogen-bond acceptors (Lipinski definition) is 2. The van der Waals surface area contributed by atoms with Gasteiger partial charge in [0, 0.05) is 24.8 Å². The van der Waals surface area contributed by atoms with E-state index in [0.717, 1.165) is 24.3 Å². The maximum Gasteiger partial charge on any atom is 0.0637 e. The van der Waals surface area contributed by atoms with Gasteiger partial charge in [0.05, 0.1) is 10.0 Å². The molecule has 110 valence electrons. The van der Waals surface area contributed by atoms with Crippen LogP contribution in [0.5, 0.6) is 0 Å². The summed E-state index contributed by atoms with van der Waals surface area (Å²) in [7, 11) is 0. The fourth-order valence-corrected chi connectivity index (χ4v) is 2.95. The predicted octanol–water partition coefficient (Wildman–Crippen LogP) is 4.74. The Labute approximate surface area is 135 Å². The first-order valence-corrected chi connectivity index (χ1v) is 7.90. The van der Waals surface area contributed by atoms with Crippen molar-refractivity contribution in [3.05, 3.63) is 63.6 Å². The van der Waals surface area contributed by atoms with Crippen LogP contribution in [-0.4, -0.2) is 10.9 Å². The van der Waals surface area contributed by atoms with Crippen LogP contribution in [0.25, 0.3) is 0 Å². The first-order valence-electron chi connectivity index (χ1n) is 7.15. The highest BCUT2D eigenvalue weighted by atomic mass is 35.5. The number of rotatable bonds is 5. The van der Waals surface area contributed by atoms with Crippen LogP contribution in [0, 0.1) is 0 Å².